The van der Waals surface area contributed by atoms with Gasteiger partial charge in [0, 0.05) is 32.3 Å². The lowest BCUT2D eigenvalue weighted by molar-refractivity contribution is -0.00134. The molecule has 3 heteroatoms. The van der Waals surface area contributed by atoms with Gasteiger partial charge in [-0.3, -0.25) is 0 Å². The Bertz CT molecular complexity index is 233. The first-order chi connectivity index (χ1) is 9.24. The molecular formula is C16H32N2O. The number of hydrogen-bond acceptors (Lipinski definition) is 3. The third-order valence-electron chi connectivity index (χ3n) is 4.73. The van der Waals surface area contributed by atoms with Crippen molar-refractivity contribution in [2.75, 3.05) is 33.3 Å². The summed E-state index contributed by atoms with van der Waals surface area (Å²) in [6.45, 7) is 6.72. The van der Waals surface area contributed by atoms with E-state index in [1.807, 2.05) is 0 Å². The summed E-state index contributed by atoms with van der Waals surface area (Å²) in [6, 6.07) is 0.774. The topological polar surface area (TPSA) is 24.5 Å². The molecule has 1 atom stereocenters. The van der Waals surface area contributed by atoms with Gasteiger partial charge in [0.1, 0.15) is 0 Å². The van der Waals surface area contributed by atoms with Crippen molar-refractivity contribution in [1.82, 2.24) is 10.2 Å². The zero-order chi connectivity index (χ0) is 13.5. The summed E-state index contributed by atoms with van der Waals surface area (Å²) >= 11 is 0. The van der Waals surface area contributed by atoms with Crippen LogP contribution in [0.5, 0.6) is 0 Å². The van der Waals surface area contributed by atoms with Crippen LogP contribution in [0.2, 0.25) is 0 Å². The summed E-state index contributed by atoms with van der Waals surface area (Å²) in [5.41, 5.74) is 0. The third-order valence-corrected chi connectivity index (χ3v) is 4.73. The number of nitrogens with zero attached hydrogens (tertiary/aromatic N) is 1. The molecule has 19 heavy (non-hydrogen) atoms. The van der Waals surface area contributed by atoms with Crippen LogP contribution in [0.1, 0.15) is 51.9 Å². The van der Waals surface area contributed by atoms with E-state index in [4.69, 9.17) is 4.74 Å². The maximum absolute atomic E-state index is 5.79. The molecule has 1 saturated heterocycles. The minimum absolute atomic E-state index is 0.481. The molecule has 112 valence electrons. The van der Waals surface area contributed by atoms with Gasteiger partial charge in [0.15, 0.2) is 0 Å². The molecule has 1 unspecified atom stereocenters. The van der Waals surface area contributed by atoms with Crippen LogP contribution >= 0.6 is 0 Å². The van der Waals surface area contributed by atoms with Crippen molar-refractivity contribution in [2.45, 2.75) is 64.0 Å². The molecule has 0 bridgehead atoms. The van der Waals surface area contributed by atoms with E-state index in [0.717, 1.165) is 38.2 Å². The normalized spacial score (nSPS) is 32.7. The summed E-state index contributed by atoms with van der Waals surface area (Å²) in [7, 11) is 2.22. The van der Waals surface area contributed by atoms with Crippen LogP contribution in [-0.2, 0) is 4.74 Å². The van der Waals surface area contributed by atoms with Gasteiger partial charge >= 0.3 is 0 Å². The zero-order valence-electron chi connectivity index (χ0n) is 12.9. The smallest absolute Gasteiger partial charge is 0.0701 e. The van der Waals surface area contributed by atoms with Crippen LogP contribution in [0.3, 0.4) is 0 Å². The highest BCUT2D eigenvalue weighted by molar-refractivity contribution is 4.76. The van der Waals surface area contributed by atoms with Crippen LogP contribution < -0.4 is 5.32 Å². The number of hydrogen-bond donors (Lipinski definition) is 1. The Morgan fingerprint density at radius 2 is 1.89 bits per heavy atom. The van der Waals surface area contributed by atoms with Crippen LogP contribution in [0, 0.1) is 5.92 Å². The predicted octanol–water partition coefficient (Wildman–Crippen LogP) is 2.66. The summed E-state index contributed by atoms with van der Waals surface area (Å²) in [6.07, 6.45) is 9.88. The number of ether oxygens (including phenoxy) is 1. The highest BCUT2D eigenvalue weighted by Crippen LogP contribution is 2.23. The molecule has 3 nitrogen and oxygen atoms in total. The molecule has 0 aromatic heterocycles. The van der Waals surface area contributed by atoms with Crippen molar-refractivity contribution in [1.29, 1.82) is 0 Å². The molecule has 0 radical (unpaired) electrons. The highest BCUT2D eigenvalue weighted by Gasteiger charge is 2.18. The summed E-state index contributed by atoms with van der Waals surface area (Å²) in [5.74, 6) is 0.948. The molecule has 1 N–H and O–H groups in total. The SMILES string of the molecule is CC1CCC(NCCN(C)CC2CCCCO2)CC1. The van der Waals surface area contributed by atoms with Crippen LogP contribution in [0.25, 0.3) is 0 Å². The zero-order valence-corrected chi connectivity index (χ0v) is 12.9. The minimum Gasteiger partial charge on any atom is -0.377 e. The van der Waals surface area contributed by atoms with Gasteiger partial charge in [-0.05, 0) is 57.9 Å². The Morgan fingerprint density at radius 1 is 1.11 bits per heavy atom. The summed E-state index contributed by atoms with van der Waals surface area (Å²) in [5, 5.41) is 3.73. The average Bonchev–Trinajstić information content (AvgIpc) is 2.42. The molecule has 1 heterocycles. The molecule has 0 spiro atoms. The maximum Gasteiger partial charge on any atom is 0.0701 e. The van der Waals surface area contributed by atoms with Gasteiger partial charge in [0.05, 0.1) is 6.10 Å². The van der Waals surface area contributed by atoms with Gasteiger partial charge in [-0.2, -0.15) is 0 Å². The molecule has 2 fully saturated rings. The number of rotatable bonds is 6. The molecule has 1 saturated carbocycles. The fourth-order valence-electron chi connectivity index (χ4n) is 3.31. The van der Waals surface area contributed by atoms with Gasteiger partial charge in [0.2, 0.25) is 0 Å². The van der Waals surface area contributed by atoms with E-state index >= 15 is 0 Å². The Hall–Kier alpha value is -0.120. The van der Waals surface area contributed by atoms with Crippen LogP contribution in [0.4, 0.5) is 0 Å². The predicted molar refractivity (Wildman–Crippen MR) is 80.5 cm³/mol. The number of likely N-dealkylation sites (N-methyl/N-ethyl adjacent to an activating group) is 1. The summed E-state index contributed by atoms with van der Waals surface area (Å²) < 4.78 is 5.79. The molecule has 0 aromatic carbocycles. The summed E-state index contributed by atoms with van der Waals surface area (Å²) in [4.78, 5) is 2.43. The van der Waals surface area contributed by atoms with Crippen molar-refractivity contribution in [3.63, 3.8) is 0 Å². The highest BCUT2D eigenvalue weighted by atomic mass is 16.5. The van der Waals surface area contributed by atoms with Crippen molar-refractivity contribution < 1.29 is 4.74 Å². The Balaban J connectivity index is 1.52. The monoisotopic (exact) mass is 268 g/mol. The van der Waals surface area contributed by atoms with E-state index in [9.17, 15) is 0 Å². The first-order valence-electron chi connectivity index (χ1n) is 8.27. The third kappa shape index (κ3) is 5.80. The maximum atomic E-state index is 5.79. The molecule has 1 aliphatic heterocycles. The molecule has 0 amide bonds. The quantitative estimate of drug-likeness (QED) is 0.801. The largest absolute Gasteiger partial charge is 0.377 e. The van der Waals surface area contributed by atoms with E-state index in [-0.39, 0.29) is 0 Å². The molecule has 2 aliphatic rings. The van der Waals surface area contributed by atoms with Gasteiger partial charge in [-0.25, -0.2) is 0 Å². The van der Waals surface area contributed by atoms with Gasteiger partial charge in [-0.1, -0.05) is 6.92 Å². The van der Waals surface area contributed by atoms with Crippen LogP contribution in [0.15, 0.2) is 0 Å². The average molecular weight is 268 g/mol. The Morgan fingerprint density at radius 3 is 2.58 bits per heavy atom. The van der Waals surface area contributed by atoms with E-state index in [1.54, 1.807) is 0 Å². The van der Waals surface area contributed by atoms with E-state index < -0.39 is 0 Å². The molecule has 0 aromatic rings. The van der Waals surface area contributed by atoms with Crippen molar-refractivity contribution in [3.05, 3.63) is 0 Å². The minimum atomic E-state index is 0.481. The van der Waals surface area contributed by atoms with Crippen molar-refractivity contribution in [2.24, 2.45) is 5.92 Å². The Labute approximate surface area is 119 Å². The van der Waals surface area contributed by atoms with Crippen molar-refractivity contribution >= 4 is 0 Å². The Kier molecular flexibility index (Phi) is 6.62. The second kappa shape index (κ2) is 8.23. The molecule has 2 rings (SSSR count). The standard InChI is InChI=1S/C16H32N2O/c1-14-6-8-15(9-7-14)17-10-11-18(2)13-16-5-3-4-12-19-16/h14-17H,3-13H2,1-2H3. The first-order valence-corrected chi connectivity index (χ1v) is 8.27. The lowest BCUT2D eigenvalue weighted by Gasteiger charge is -2.29. The van der Waals surface area contributed by atoms with Gasteiger partial charge < -0.3 is 15.0 Å². The fourth-order valence-corrected chi connectivity index (χ4v) is 3.31. The van der Waals surface area contributed by atoms with E-state index in [0.29, 0.717) is 6.10 Å². The first kappa shape index (κ1) is 15.3. The lowest BCUT2D eigenvalue weighted by atomic mass is 9.87. The molecular weight excluding hydrogens is 236 g/mol. The molecule has 1 aliphatic carbocycles. The van der Waals surface area contributed by atoms with E-state index in [2.05, 4.69) is 24.2 Å². The lowest BCUT2D eigenvalue weighted by Crippen LogP contribution is -2.40. The number of nitrogens with one attached hydrogen (secondary N) is 1. The van der Waals surface area contributed by atoms with E-state index in [1.165, 1.54) is 44.9 Å². The second-order valence-electron chi connectivity index (χ2n) is 6.66. The second-order valence-corrected chi connectivity index (χ2v) is 6.66. The van der Waals surface area contributed by atoms with Crippen LogP contribution in [-0.4, -0.2) is 50.3 Å². The van der Waals surface area contributed by atoms with Crippen molar-refractivity contribution in [3.8, 4) is 0 Å². The van der Waals surface area contributed by atoms with Gasteiger partial charge in [-0.15, -0.1) is 0 Å². The van der Waals surface area contributed by atoms with Gasteiger partial charge in [0.25, 0.3) is 0 Å². The fraction of sp³-hybridized carbons (Fsp3) is 1.00.